The van der Waals surface area contributed by atoms with Crippen molar-refractivity contribution in [2.24, 2.45) is 5.73 Å². The van der Waals surface area contributed by atoms with Gasteiger partial charge in [-0.2, -0.15) is 0 Å². The Labute approximate surface area is 113 Å². The Kier molecular flexibility index (Phi) is 3.61. The SMILES string of the molecule is COc1cc(Br)c(Cl)cc1N1CC(N)CC1=O. The molecule has 1 aromatic carbocycles. The smallest absolute Gasteiger partial charge is 0.228 e. The van der Waals surface area contributed by atoms with E-state index in [4.69, 9.17) is 22.1 Å². The molecule has 1 fully saturated rings. The molecule has 1 aliphatic heterocycles. The van der Waals surface area contributed by atoms with Crippen LogP contribution in [0.5, 0.6) is 5.75 Å². The quantitative estimate of drug-likeness (QED) is 0.909. The van der Waals surface area contributed by atoms with Crippen molar-refractivity contribution in [3.8, 4) is 5.75 Å². The predicted molar refractivity (Wildman–Crippen MR) is 70.6 cm³/mol. The van der Waals surface area contributed by atoms with E-state index in [1.807, 2.05) is 0 Å². The van der Waals surface area contributed by atoms with E-state index < -0.39 is 0 Å². The first-order valence-electron chi connectivity index (χ1n) is 5.12. The molecule has 1 unspecified atom stereocenters. The Morgan fingerprint density at radius 3 is 2.82 bits per heavy atom. The van der Waals surface area contributed by atoms with Crippen molar-refractivity contribution in [3.63, 3.8) is 0 Å². The number of benzene rings is 1. The molecule has 1 aromatic rings. The molecule has 0 spiro atoms. The number of halogens is 2. The van der Waals surface area contributed by atoms with Gasteiger partial charge in [-0.25, -0.2) is 0 Å². The predicted octanol–water partition coefficient (Wildman–Crippen LogP) is 2.18. The third-order valence-electron chi connectivity index (χ3n) is 2.67. The highest BCUT2D eigenvalue weighted by Crippen LogP contribution is 2.38. The number of carbonyl (C=O) groups excluding carboxylic acids is 1. The molecule has 4 nitrogen and oxygen atoms in total. The van der Waals surface area contributed by atoms with Gasteiger partial charge in [-0.05, 0) is 28.1 Å². The molecule has 17 heavy (non-hydrogen) atoms. The zero-order chi connectivity index (χ0) is 12.6. The molecule has 6 heteroatoms. The second-order valence-electron chi connectivity index (χ2n) is 3.91. The van der Waals surface area contributed by atoms with Crippen LogP contribution in [0.25, 0.3) is 0 Å². The van der Waals surface area contributed by atoms with E-state index in [1.54, 1.807) is 24.1 Å². The summed E-state index contributed by atoms with van der Waals surface area (Å²) in [6.07, 6.45) is 0.358. The van der Waals surface area contributed by atoms with Gasteiger partial charge in [0.1, 0.15) is 5.75 Å². The molecule has 0 aromatic heterocycles. The van der Waals surface area contributed by atoms with Crippen LogP contribution in [0.15, 0.2) is 16.6 Å². The lowest BCUT2D eigenvalue weighted by Gasteiger charge is -2.20. The van der Waals surface area contributed by atoms with Crippen LogP contribution in [0.2, 0.25) is 5.02 Å². The number of hydrogen-bond acceptors (Lipinski definition) is 3. The first-order valence-corrected chi connectivity index (χ1v) is 6.29. The van der Waals surface area contributed by atoms with Crippen LogP contribution in [-0.4, -0.2) is 25.6 Å². The van der Waals surface area contributed by atoms with Crippen LogP contribution in [0.4, 0.5) is 5.69 Å². The number of nitrogens with zero attached hydrogens (tertiary/aromatic N) is 1. The molecule has 1 heterocycles. The van der Waals surface area contributed by atoms with Crippen LogP contribution in [0.1, 0.15) is 6.42 Å². The average Bonchev–Trinajstić information content (AvgIpc) is 2.61. The maximum Gasteiger partial charge on any atom is 0.228 e. The van der Waals surface area contributed by atoms with Gasteiger partial charge in [0.25, 0.3) is 0 Å². The molecule has 0 saturated carbocycles. The van der Waals surface area contributed by atoms with Crippen molar-refractivity contribution in [3.05, 3.63) is 21.6 Å². The first kappa shape index (κ1) is 12.7. The minimum Gasteiger partial charge on any atom is -0.495 e. The second-order valence-corrected chi connectivity index (χ2v) is 5.17. The van der Waals surface area contributed by atoms with E-state index in [0.717, 1.165) is 4.47 Å². The summed E-state index contributed by atoms with van der Waals surface area (Å²) in [6.45, 7) is 0.493. The fraction of sp³-hybridized carbons (Fsp3) is 0.364. The highest BCUT2D eigenvalue weighted by Gasteiger charge is 2.30. The van der Waals surface area contributed by atoms with Crippen molar-refractivity contribution < 1.29 is 9.53 Å². The number of methoxy groups -OCH3 is 1. The number of rotatable bonds is 2. The summed E-state index contributed by atoms with van der Waals surface area (Å²) in [5.41, 5.74) is 6.43. The first-order chi connectivity index (χ1) is 8.02. The summed E-state index contributed by atoms with van der Waals surface area (Å²) in [5.74, 6) is 0.595. The highest BCUT2D eigenvalue weighted by atomic mass is 79.9. The van der Waals surface area contributed by atoms with E-state index in [2.05, 4.69) is 15.9 Å². The van der Waals surface area contributed by atoms with Crippen molar-refractivity contribution in [1.29, 1.82) is 0 Å². The molecule has 1 aliphatic rings. The van der Waals surface area contributed by atoms with Gasteiger partial charge in [-0.3, -0.25) is 4.79 Å². The van der Waals surface area contributed by atoms with Gasteiger partial charge in [-0.1, -0.05) is 11.6 Å². The number of amides is 1. The van der Waals surface area contributed by atoms with E-state index in [-0.39, 0.29) is 11.9 Å². The largest absolute Gasteiger partial charge is 0.495 e. The Morgan fingerprint density at radius 1 is 1.59 bits per heavy atom. The molecular formula is C11H12BrClN2O2. The summed E-state index contributed by atoms with van der Waals surface area (Å²) in [7, 11) is 1.56. The Morgan fingerprint density at radius 2 is 2.29 bits per heavy atom. The zero-order valence-corrected chi connectivity index (χ0v) is 11.6. The number of nitrogens with two attached hydrogens (primary N) is 1. The average molecular weight is 320 g/mol. The molecule has 1 amide bonds. The highest BCUT2D eigenvalue weighted by molar-refractivity contribution is 9.10. The minimum atomic E-state index is -0.130. The van der Waals surface area contributed by atoms with Crippen LogP contribution >= 0.6 is 27.5 Å². The fourth-order valence-corrected chi connectivity index (χ4v) is 2.34. The van der Waals surface area contributed by atoms with E-state index in [0.29, 0.717) is 29.4 Å². The maximum atomic E-state index is 11.8. The van der Waals surface area contributed by atoms with Crippen molar-refractivity contribution in [1.82, 2.24) is 0 Å². The van der Waals surface area contributed by atoms with E-state index in [9.17, 15) is 4.79 Å². The molecule has 1 atom stereocenters. The third-order valence-corrected chi connectivity index (χ3v) is 3.86. The summed E-state index contributed by atoms with van der Waals surface area (Å²) in [6, 6.07) is 3.32. The van der Waals surface area contributed by atoms with Crippen LogP contribution in [-0.2, 0) is 4.79 Å². The Bertz CT molecular complexity index is 467. The summed E-state index contributed by atoms with van der Waals surface area (Å²) in [5, 5.41) is 0.536. The molecule has 0 aliphatic carbocycles. The zero-order valence-electron chi connectivity index (χ0n) is 9.24. The van der Waals surface area contributed by atoms with Crippen LogP contribution < -0.4 is 15.4 Å². The van der Waals surface area contributed by atoms with Gasteiger partial charge in [-0.15, -0.1) is 0 Å². The van der Waals surface area contributed by atoms with E-state index >= 15 is 0 Å². The van der Waals surface area contributed by atoms with Gasteiger partial charge in [0.15, 0.2) is 0 Å². The lowest BCUT2D eigenvalue weighted by molar-refractivity contribution is -0.117. The molecule has 92 valence electrons. The van der Waals surface area contributed by atoms with Gasteiger partial charge in [0, 0.05) is 23.5 Å². The normalized spacial score (nSPS) is 19.9. The van der Waals surface area contributed by atoms with Crippen LogP contribution in [0, 0.1) is 0 Å². The monoisotopic (exact) mass is 318 g/mol. The van der Waals surface area contributed by atoms with Crippen molar-refractivity contribution in [2.75, 3.05) is 18.6 Å². The van der Waals surface area contributed by atoms with Gasteiger partial charge < -0.3 is 15.4 Å². The topological polar surface area (TPSA) is 55.6 Å². The van der Waals surface area contributed by atoms with Gasteiger partial charge in [0.05, 0.1) is 17.8 Å². The molecule has 1 saturated heterocycles. The molecule has 0 bridgehead atoms. The maximum absolute atomic E-state index is 11.8. The molecule has 0 radical (unpaired) electrons. The molecule has 2 rings (SSSR count). The molecular weight excluding hydrogens is 307 g/mol. The summed E-state index contributed by atoms with van der Waals surface area (Å²) in [4.78, 5) is 13.4. The Hall–Kier alpha value is -0.780. The lowest BCUT2D eigenvalue weighted by Crippen LogP contribution is -2.28. The minimum absolute atomic E-state index is 0.00538. The summed E-state index contributed by atoms with van der Waals surface area (Å²) >= 11 is 9.35. The van der Waals surface area contributed by atoms with Gasteiger partial charge >= 0.3 is 0 Å². The van der Waals surface area contributed by atoms with Gasteiger partial charge in [0.2, 0.25) is 5.91 Å². The number of hydrogen-bond donors (Lipinski definition) is 1. The molecule has 2 N–H and O–H groups in total. The number of carbonyl (C=O) groups is 1. The van der Waals surface area contributed by atoms with Crippen molar-refractivity contribution >= 4 is 39.1 Å². The van der Waals surface area contributed by atoms with E-state index in [1.165, 1.54) is 0 Å². The lowest BCUT2D eigenvalue weighted by atomic mass is 10.2. The third kappa shape index (κ3) is 2.41. The second kappa shape index (κ2) is 4.84. The summed E-state index contributed by atoms with van der Waals surface area (Å²) < 4.78 is 5.99. The van der Waals surface area contributed by atoms with Crippen molar-refractivity contribution in [2.45, 2.75) is 12.5 Å². The standard InChI is InChI=1S/C11H12BrClN2O2/c1-17-10-3-7(12)8(13)4-9(10)15-5-6(14)2-11(15)16/h3-4,6H,2,5,14H2,1H3. The van der Waals surface area contributed by atoms with Crippen LogP contribution in [0.3, 0.4) is 0 Å². The number of ether oxygens (including phenoxy) is 1. The number of anilines is 1. The Balaban J connectivity index is 2.44. The fourth-order valence-electron chi connectivity index (χ4n) is 1.86.